The van der Waals surface area contributed by atoms with Crippen LogP contribution in [0, 0.1) is 0 Å². The van der Waals surface area contributed by atoms with Crippen LogP contribution in [-0.4, -0.2) is 32.9 Å². The zero-order valence-electron chi connectivity index (χ0n) is 20.3. The van der Waals surface area contributed by atoms with Gasteiger partial charge in [0, 0.05) is 24.9 Å². The second kappa shape index (κ2) is 13.2. The lowest BCUT2D eigenvalue weighted by Crippen LogP contribution is -2.18. The number of para-hydroxylation sites is 1. The zero-order chi connectivity index (χ0) is 24.2. The van der Waals surface area contributed by atoms with E-state index in [1.807, 2.05) is 69.4 Å². The molecule has 0 atom stereocenters. The van der Waals surface area contributed by atoms with E-state index in [0.29, 0.717) is 5.69 Å². The van der Waals surface area contributed by atoms with Crippen molar-refractivity contribution < 1.29 is 4.79 Å². The fourth-order valence-electron chi connectivity index (χ4n) is 3.58. The minimum absolute atomic E-state index is 0.0992. The number of aromatic nitrogens is 4. The number of benzene rings is 2. The molecule has 2 heterocycles. The molecule has 0 aliphatic heterocycles. The van der Waals surface area contributed by atoms with Gasteiger partial charge in [0.05, 0.1) is 16.6 Å². The second-order valence-electron chi connectivity index (χ2n) is 7.42. The van der Waals surface area contributed by atoms with E-state index in [4.69, 9.17) is 0 Å². The van der Waals surface area contributed by atoms with E-state index >= 15 is 0 Å². The number of nitrogens with zero attached hydrogens (tertiary/aromatic N) is 3. The number of carbonyl (C=O) groups is 1. The molecule has 4 aromatic rings. The predicted molar refractivity (Wildman–Crippen MR) is 136 cm³/mol. The van der Waals surface area contributed by atoms with E-state index in [0.717, 1.165) is 40.2 Å². The highest BCUT2D eigenvalue weighted by atomic mass is 16.2. The molecule has 0 aliphatic carbocycles. The van der Waals surface area contributed by atoms with Gasteiger partial charge in [-0.15, -0.1) is 0 Å². The summed E-state index contributed by atoms with van der Waals surface area (Å²) in [4.78, 5) is 23.0. The van der Waals surface area contributed by atoms with Gasteiger partial charge >= 0.3 is 0 Å². The molecular weight excluding hydrogens is 414 g/mol. The average molecular weight is 450 g/mol. The third-order valence-electron chi connectivity index (χ3n) is 5.24. The standard InChI is InChI=1S/C14H18N2O.C10H11N3O.C2H6/c1-2-3-4-5-10-13-11-8-6-7-9-12(11)14(17)16-15-13;1-11-10(14)9-7-5-3-4-6-8(7)13(2)12-9;1-2/h6-9H,2-5,10H2,1H3,(H,16,17);3-6H,1-2H3,(H,11,14);1-2H3. The van der Waals surface area contributed by atoms with E-state index in [-0.39, 0.29) is 11.5 Å². The number of H-pyrrole nitrogens is 1. The quantitative estimate of drug-likeness (QED) is 0.405. The van der Waals surface area contributed by atoms with Crippen molar-refractivity contribution in [1.82, 2.24) is 25.3 Å². The average Bonchev–Trinajstić information content (AvgIpc) is 3.21. The van der Waals surface area contributed by atoms with Gasteiger partial charge in [0.15, 0.2) is 5.69 Å². The molecule has 0 aliphatic rings. The summed E-state index contributed by atoms with van der Waals surface area (Å²) in [6.45, 7) is 6.20. The number of aromatic amines is 1. The van der Waals surface area contributed by atoms with Gasteiger partial charge in [-0.05, 0) is 25.0 Å². The van der Waals surface area contributed by atoms with Crippen LogP contribution >= 0.6 is 0 Å². The number of fused-ring (bicyclic) bond motifs is 2. The Hall–Kier alpha value is -3.48. The third-order valence-corrected chi connectivity index (χ3v) is 5.24. The molecule has 0 bridgehead atoms. The van der Waals surface area contributed by atoms with E-state index in [1.165, 1.54) is 19.3 Å². The maximum absolute atomic E-state index is 11.6. The molecule has 0 saturated carbocycles. The number of aryl methyl sites for hydroxylation is 2. The summed E-state index contributed by atoms with van der Waals surface area (Å²) >= 11 is 0. The zero-order valence-corrected chi connectivity index (χ0v) is 20.3. The number of hydrogen-bond donors (Lipinski definition) is 2. The molecule has 4 rings (SSSR count). The van der Waals surface area contributed by atoms with E-state index in [1.54, 1.807) is 11.7 Å². The molecule has 7 nitrogen and oxygen atoms in total. The van der Waals surface area contributed by atoms with Crippen LogP contribution in [-0.2, 0) is 13.5 Å². The van der Waals surface area contributed by atoms with Crippen molar-refractivity contribution in [1.29, 1.82) is 0 Å². The maximum Gasteiger partial charge on any atom is 0.272 e. The molecule has 0 spiro atoms. The van der Waals surface area contributed by atoms with E-state index in [2.05, 4.69) is 27.5 Å². The fourth-order valence-corrected chi connectivity index (χ4v) is 3.58. The molecular formula is C26H35N5O2. The molecule has 0 saturated heterocycles. The second-order valence-corrected chi connectivity index (χ2v) is 7.42. The summed E-state index contributed by atoms with van der Waals surface area (Å²) < 4.78 is 1.71. The molecule has 7 heteroatoms. The van der Waals surface area contributed by atoms with E-state index in [9.17, 15) is 9.59 Å². The van der Waals surface area contributed by atoms with Crippen LogP contribution < -0.4 is 10.9 Å². The van der Waals surface area contributed by atoms with Crippen molar-refractivity contribution in [3.63, 3.8) is 0 Å². The molecule has 0 radical (unpaired) electrons. The molecule has 176 valence electrons. The Morgan fingerprint density at radius 2 is 1.61 bits per heavy atom. The molecule has 2 aromatic carbocycles. The molecule has 2 N–H and O–H groups in total. The van der Waals surface area contributed by atoms with Crippen molar-refractivity contribution in [2.75, 3.05) is 7.05 Å². The number of unbranched alkanes of at least 4 members (excludes halogenated alkanes) is 3. The first kappa shape index (κ1) is 25.8. The Morgan fingerprint density at radius 3 is 2.27 bits per heavy atom. The Morgan fingerprint density at radius 1 is 0.970 bits per heavy atom. The van der Waals surface area contributed by atoms with Crippen molar-refractivity contribution in [3.8, 4) is 0 Å². The SMILES string of the molecule is CC.CCCCCCc1n[nH]c(=O)c2ccccc12.CNC(=O)c1nn(C)c2ccccc12. The third kappa shape index (κ3) is 6.51. The lowest BCUT2D eigenvalue weighted by Gasteiger charge is -2.04. The van der Waals surface area contributed by atoms with Crippen LogP contribution in [0.2, 0.25) is 0 Å². The van der Waals surface area contributed by atoms with Gasteiger partial charge < -0.3 is 5.32 Å². The van der Waals surface area contributed by atoms with Crippen LogP contribution in [0.1, 0.15) is 62.6 Å². The first-order valence-electron chi connectivity index (χ1n) is 11.7. The van der Waals surface area contributed by atoms with Gasteiger partial charge in [-0.2, -0.15) is 10.2 Å². The lowest BCUT2D eigenvalue weighted by atomic mass is 10.1. The van der Waals surface area contributed by atoms with Crippen LogP contribution in [0.3, 0.4) is 0 Å². The topological polar surface area (TPSA) is 92.7 Å². The summed E-state index contributed by atoms with van der Waals surface area (Å²) in [5.41, 5.74) is 2.35. The molecule has 1 amide bonds. The molecule has 33 heavy (non-hydrogen) atoms. The highest BCUT2D eigenvalue weighted by Gasteiger charge is 2.13. The molecule has 2 aromatic heterocycles. The Balaban J connectivity index is 0.000000221. The first-order chi connectivity index (χ1) is 16.1. The number of nitrogens with one attached hydrogen (secondary N) is 2. The highest BCUT2D eigenvalue weighted by Crippen LogP contribution is 2.17. The number of carbonyl (C=O) groups excluding carboxylic acids is 1. The van der Waals surface area contributed by atoms with Gasteiger partial charge in [0.25, 0.3) is 11.5 Å². The normalized spacial score (nSPS) is 10.2. The number of rotatable bonds is 6. The number of hydrogen-bond acceptors (Lipinski definition) is 4. The smallest absolute Gasteiger partial charge is 0.272 e. The van der Waals surface area contributed by atoms with E-state index < -0.39 is 0 Å². The number of amides is 1. The van der Waals surface area contributed by atoms with Crippen LogP contribution in [0.5, 0.6) is 0 Å². The minimum Gasteiger partial charge on any atom is -0.354 e. The largest absolute Gasteiger partial charge is 0.354 e. The van der Waals surface area contributed by atoms with Crippen molar-refractivity contribution in [2.24, 2.45) is 7.05 Å². The van der Waals surface area contributed by atoms with Crippen molar-refractivity contribution in [2.45, 2.75) is 52.9 Å². The summed E-state index contributed by atoms with van der Waals surface area (Å²) in [6.07, 6.45) is 5.81. The van der Waals surface area contributed by atoms with Crippen molar-refractivity contribution in [3.05, 3.63) is 70.3 Å². The van der Waals surface area contributed by atoms with Gasteiger partial charge in [0.1, 0.15) is 0 Å². The molecule has 0 unspecified atom stereocenters. The van der Waals surface area contributed by atoms with Gasteiger partial charge in [-0.1, -0.05) is 76.4 Å². The molecule has 0 fully saturated rings. The van der Waals surface area contributed by atoms with Gasteiger partial charge in [-0.3, -0.25) is 14.3 Å². The summed E-state index contributed by atoms with van der Waals surface area (Å²) in [7, 11) is 3.43. The lowest BCUT2D eigenvalue weighted by molar-refractivity contribution is 0.0959. The minimum atomic E-state index is -0.151. The highest BCUT2D eigenvalue weighted by molar-refractivity contribution is 6.04. The van der Waals surface area contributed by atoms with Crippen molar-refractivity contribution >= 4 is 27.6 Å². The van der Waals surface area contributed by atoms with Gasteiger partial charge in [-0.25, -0.2) is 5.10 Å². The summed E-state index contributed by atoms with van der Waals surface area (Å²) in [5, 5.41) is 16.1. The Kier molecular flexibility index (Phi) is 10.3. The Bertz CT molecular complexity index is 1230. The summed E-state index contributed by atoms with van der Waals surface area (Å²) in [6, 6.07) is 15.3. The Labute approximate surface area is 195 Å². The summed E-state index contributed by atoms with van der Waals surface area (Å²) in [5.74, 6) is -0.151. The predicted octanol–water partition coefficient (Wildman–Crippen LogP) is 5.01. The maximum atomic E-state index is 11.6. The monoisotopic (exact) mass is 449 g/mol. The first-order valence-corrected chi connectivity index (χ1v) is 11.7. The van der Waals surface area contributed by atoms with Crippen LogP contribution in [0.15, 0.2) is 53.3 Å². The van der Waals surface area contributed by atoms with Crippen LogP contribution in [0.4, 0.5) is 0 Å². The van der Waals surface area contributed by atoms with Gasteiger partial charge in [0.2, 0.25) is 0 Å². The van der Waals surface area contributed by atoms with Crippen LogP contribution in [0.25, 0.3) is 21.7 Å². The fraction of sp³-hybridized carbons (Fsp3) is 0.385.